The van der Waals surface area contributed by atoms with Gasteiger partial charge in [-0.2, -0.15) is 17.6 Å². The van der Waals surface area contributed by atoms with Crippen molar-refractivity contribution in [3.05, 3.63) is 57.6 Å². The van der Waals surface area contributed by atoms with Crippen LogP contribution in [0.15, 0.2) is 24.3 Å². The fourth-order valence-electron chi connectivity index (χ4n) is 5.04. The lowest BCUT2D eigenvalue weighted by Crippen LogP contribution is -2.36. The third-order valence-electron chi connectivity index (χ3n) is 6.46. The van der Waals surface area contributed by atoms with Gasteiger partial charge in [0.25, 0.3) is 0 Å². The summed E-state index contributed by atoms with van der Waals surface area (Å²) in [6, 6.07) is 3.97. The predicted molar refractivity (Wildman–Crippen MR) is 122 cm³/mol. The Kier molecular flexibility index (Phi) is 7.57. The van der Waals surface area contributed by atoms with E-state index in [0.717, 1.165) is 24.3 Å². The van der Waals surface area contributed by atoms with Crippen LogP contribution in [-0.4, -0.2) is 35.4 Å². The molecule has 10 heteroatoms. The van der Waals surface area contributed by atoms with Gasteiger partial charge in [-0.05, 0) is 73.2 Å². The summed E-state index contributed by atoms with van der Waals surface area (Å²) in [5.74, 6) is -17.3. The number of hydrogen-bond acceptors (Lipinski definition) is 4. The number of fused-ring (bicyclic) bond motifs is 2. The number of ether oxygens (including phenoxy) is 2. The maximum atomic E-state index is 16.0. The maximum Gasteiger partial charge on any atom is 0.340 e. The Hall–Kier alpha value is -3.30. The van der Waals surface area contributed by atoms with Crippen molar-refractivity contribution < 1.29 is 46.8 Å². The van der Waals surface area contributed by atoms with Gasteiger partial charge in [-0.25, -0.2) is 0 Å². The third kappa shape index (κ3) is 4.16. The van der Waals surface area contributed by atoms with Gasteiger partial charge >= 0.3 is 23.8 Å². The van der Waals surface area contributed by atoms with Crippen molar-refractivity contribution >= 4 is 11.9 Å². The third-order valence-corrected chi connectivity index (χ3v) is 6.46. The summed E-state index contributed by atoms with van der Waals surface area (Å²) in [5.41, 5.74) is -3.09. The average molecular weight is 512 g/mol. The van der Waals surface area contributed by atoms with Crippen molar-refractivity contribution in [3.8, 4) is 11.5 Å². The number of carboxylic acid groups (broad SMARTS) is 2. The van der Waals surface area contributed by atoms with E-state index in [1.165, 1.54) is 6.92 Å². The van der Waals surface area contributed by atoms with Crippen molar-refractivity contribution in [3.63, 3.8) is 0 Å². The molecular formula is C26H28F4O6. The topological polar surface area (TPSA) is 93.1 Å². The summed E-state index contributed by atoms with van der Waals surface area (Å²) >= 11 is 0. The number of benzene rings is 2. The Morgan fingerprint density at radius 2 is 1.44 bits per heavy atom. The van der Waals surface area contributed by atoms with Crippen molar-refractivity contribution in [2.24, 2.45) is 5.92 Å². The maximum absolute atomic E-state index is 16.0. The van der Waals surface area contributed by atoms with E-state index in [9.17, 15) is 19.8 Å². The lowest BCUT2D eigenvalue weighted by Gasteiger charge is -2.30. The standard InChI is InChI=1S/C26H28F4O6/c1-5-14-15(6-2)22-17(12-19(14)36-8-4)20(21(23(31)32)24(33)34)16-11-13(35-7-3)9-10-18(16)25(27,28)26(22,29)30/h9-12,20-21H,5-8H2,1-4H3,(H,31,32)(H,33,34). The van der Waals surface area contributed by atoms with Crippen LogP contribution in [0.4, 0.5) is 17.6 Å². The zero-order valence-electron chi connectivity index (χ0n) is 20.3. The number of rotatable bonds is 9. The van der Waals surface area contributed by atoms with Crippen molar-refractivity contribution in [2.45, 2.75) is 58.3 Å². The zero-order chi connectivity index (χ0) is 27.0. The fraction of sp³-hybridized carbons (Fsp3) is 0.462. The minimum absolute atomic E-state index is 0.0178. The lowest BCUT2D eigenvalue weighted by atomic mass is 9.76. The summed E-state index contributed by atoms with van der Waals surface area (Å²) in [7, 11) is 0. The number of aliphatic carboxylic acids is 2. The van der Waals surface area contributed by atoms with E-state index in [1.807, 2.05) is 0 Å². The van der Waals surface area contributed by atoms with E-state index in [0.29, 0.717) is 0 Å². The van der Waals surface area contributed by atoms with Crippen LogP contribution in [-0.2, 0) is 34.3 Å². The summed E-state index contributed by atoms with van der Waals surface area (Å²) in [6.07, 6.45) is 0.0942. The van der Waals surface area contributed by atoms with Gasteiger partial charge in [0.1, 0.15) is 11.5 Å². The second-order valence-corrected chi connectivity index (χ2v) is 8.40. The van der Waals surface area contributed by atoms with Gasteiger partial charge < -0.3 is 19.7 Å². The second-order valence-electron chi connectivity index (χ2n) is 8.40. The highest BCUT2D eigenvalue weighted by Crippen LogP contribution is 2.59. The van der Waals surface area contributed by atoms with Crippen LogP contribution in [0.3, 0.4) is 0 Å². The normalized spacial score (nSPS) is 17.6. The van der Waals surface area contributed by atoms with Crippen LogP contribution < -0.4 is 9.47 Å². The molecule has 0 saturated carbocycles. The van der Waals surface area contributed by atoms with Gasteiger partial charge in [-0.3, -0.25) is 9.59 Å². The molecular weight excluding hydrogens is 484 g/mol. The Balaban J connectivity index is 2.62. The summed E-state index contributed by atoms with van der Waals surface area (Å²) in [5, 5.41) is 19.7. The van der Waals surface area contributed by atoms with E-state index < -0.39 is 57.9 Å². The van der Waals surface area contributed by atoms with E-state index in [-0.39, 0.29) is 48.7 Å². The van der Waals surface area contributed by atoms with Gasteiger partial charge in [0.15, 0.2) is 5.92 Å². The van der Waals surface area contributed by atoms with Crippen LogP contribution in [0.1, 0.15) is 67.0 Å². The summed E-state index contributed by atoms with van der Waals surface area (Å²) in [4.78, 5) is 24.4. The first-order valence-corrected chi connectivity index (χ1v) is 11.7. The quantitative estimate of drug-likeness (QED) is 0.330. The molecule has 0 saturated heterocycles. The van der Waals surface area contributed by atoms with Crippen LogP contribution >= 0.6 is 0 Å². The lowest BCUT2D eigenvalue weighted by molar-refractivity contribution is -0.223. The molecule has 2 aromatic rings. The van der Waals surface area contributed by atoms with Gasteiger partial charge in [0.2, 0.25) is 0 Å². The minimum atomic E-state index is -4.78. The molecule has 6 nitrogen and oxygen atoms in total. The first-order valence-electron chi connectivity index (χ1n) is 11.7. The summed E-state index contributed by atoms with van der Waals surface area (Å²) < 4.78 is 74.4. The molecule has 36 heavy (non-hydrogen) atoms. The van der Waals surface area contributed by atoms with Crippen molar-refractivity contribution in [2.75, 3.05) is 13.2 Å². The molecule has 196 valence electrons. The highest BCUT2D eigenvalue weighted by Gasteiger charge is 2.64. The number of hydrogen-bond donors (Lipinski definition) is 2. The molecule has 0 heterocycles. The molecule has 0 bridgehead atoms. The molecule has 0 fully saturated rings. The molecule has 3 rings (SSSR count). The molecule has 0 amide bonds. The number of carboxylic acids is 2. The van der Waals surface area contributed by atoms with Crippen LogP contribution in [0.25, 0.3) is 0 Å². The molecule has 0 spiro atoms. The Labute approximate surface area is 205 Å². The monoisotopic (exact) mass is 512 g/mol. The fourth-order valence-corrected chi connectivity index (χ4v) is 5.04. The van der Waals surface area contributed by atoms with Gasteiger partial charge in [-0.1, -0.05) is 13.8 Å². The Morgan fingerprint density at radius 3 is 1.94 bits per heavy atom. The van der Waals surface area contributed by atoms with Crippen LogP contribution in [0.5, 0.6) is 11.5 Å². The van der Waals surface area contributed by atoms with Gasteiger partial charge in [0, 0.05) is 17.0 Å². The second kappa shape index (κ2) is 9.99. The van der Waals surface area contributed by atoms with Crippen LogP contribution in [0.2, 0.25) is 0 Å². The highest BCUT2D eigenvalue weighted by atomic mass is 19.3. The number of halogens is 4. The molecule has 2 N–H and O–H groups in total. The van der Waals surface area contributed by atoms with E-state index in [1.54, 1.807) is 20.8 Å². The SMILES string of the molecule is CCOc1ccc2c(c1)C(C(C(=O)O)C(=O)O)c1cc(OCC)c(CC)c(CC)c1C(F)(F)C2(F)F. The first-order chi connectivity index (χ1) is 16.9. The van der Waals surface area contributed by atoms with E-state index in [4.69, 9.17) is 9.47 Å². The predicted octanol–water partition coefficient (Wildman–Crippen LogP) is 5.72. The molecule has 2 aromatic carbocycles. The molecule has 1 aliphatic rings. The van der Waals surface area contributed by atoms with Gasteiger partial charge in [0.05, 0.1) is 13.2 Å². The van der Waals surface area contributed by atoms with Crippen molar-refractivity contribution in [1.29, 1.82) is 0 Å². The molecule has 1 atom stereocenters. The van der Waals surface area contributed by atoms with E-state index >= 15 is 17.6 Å². The zero-order valence-corrected chi connectivity index (χ0v) is 20.3. The molecule has 1 unspecified atom stereocenters. The van der Waals surface area contributed by atoms with Gasteiger partial charge in [-0.15, -0.1) is 0 Å². The molecule has 0 radical (unpaired) electrons. The minimum Gasteiger partial charge on any atom is -0.494 e. The Morgan fingerprint density at radius 1 is 0.861 bits per heavy atom. The molecule has 0 aromatic heterocycles. The first kappa shape index (κ1) is 27.3. The largest absolute Gasteiger partial charge is 0.494 e. The highest BCUT2D eigenvalue weighted by molar-refractivity contribution is 5.95. The smallest absolute Gasteiger partial charge is 0.340 e. The number of alkyl halides is 4. The average Bonchev–Trinajstić information content (AvgIpc) is 2.85. The molecule has 1 aliphatic carbocycles. The molecule has 0 aliphatic heterocycles. The van der Waals surface area contributed by atoms with Crippen LogP contribution in [0, 0.1) is 5.92 Å². The number of carbonyl (C=O) groups is 2. The van der Waals surface area contributed by atoms with E-state index in [2.05, 4.69) is 0 Å². The Bertz CT molecular complexity index is 1160. The van der Waals surface area contributed by atoms with Crippen molar-refractivity contribution in [1.82, 2.24) is 0 Å². The summed E-state index contributed by atoms with van der Waals surface area (Å²) in [6.45, 7) is 6.68.